The van der Waals surface area contributed by atoms with Crippen LogP contribution in [0.25, 0.3) is 0 Å². The standard InChI is InChI=1S/C15H22N2O/c1-11(2)8-14-13(16)9-15(18)17(14)10-12-6-4-3-5-7-12/h3-7,11,13-14H,8-10,16H2,1-2H3/t13-,14-/m0/s1. The van der Waals surface area contributed by atoms with Crippen LogP contribution in [-0.4, -0.2) is 22.9 Å². The van der Waals surface area contributed by atoms with Crippen molar-refractivity contribution in [3.05, 3.63) is 35.9 Å². The van der Waals surface area contributed by atoms with E-state index < -0.39 is 0 Å². The molecule has 0 radical (unpaired) electrons. The number of nitrogens with zero attached hydrogens (tertiary/aromatic N) is 1. The molecule has 0 unspecified atom stereocenters. The van der Waals surface area contributed by atoms with Gasteiger partial charge in [0.1, 0.15) is 0 Å². The van der Waals surface area contributed by atoms with Gasteiger partial charge in [-0.2, -0.15) is 0 Å². The van der Waals surface area contributed by atoms with E-state index >= 15 is 0 Å². The van der Waals surface area contributed by atoms with Crippen molar-refractivity contribution in [1.82, 2.24) is 4.90 Å². The molecule has 3 heteroatoms. The van der Waals surface area contributed by atoms with Gasteiger partial charge in [-0.05, 0) is 17.9 Å². The summed E-state index contributed by atoms with van der Waals surface area (Å²) in [4.78, 5) is 14.0. The zero-order chi connectivity index (χ0) is 13.1. The summed E-state index contributed by atoms with van der Waals surface area (Å²) >= 11 is 0. The minimum Gasteiger partial charge on any atom is -0.334 e. The van der Waals surface area contributed by atoms with E-state index in [1.54, 1.807) is 0 Å². The molecule has 2 atom stereocenters. The predicted molar refractivity (Wildman–Crippen MR) is 72.8 cm³/mol. The van der Waals surface area contributed by atoms with Crippen molar-refractivity contribution >= 4 is 5.91 Å². The molecule has 2 N–H and O–H groups in total. The molecule has 1 aromatic rings. The molecule has 1 aliphatic rings. The Morgan fingerprint density at radius 3 is 2.61 bits per heavy atom. The topological polar surface area (TPSA) is 46.3 Å². The molecule has 0 saturated carbocycles. The number of carbonyl (C=O) groups is 1. The molecule has 0 aromatic heterocycles. The number of hydrogen-bond donors (Lipinski definition) is 1. The third-order valence-electron chi connectivity index (χ3n) is 3.53. The summed E-state index contributed by atoms with van der Waals surface area (Å²) in [5.41, 5.74) is 7.27. The maximum atomic E-state index is 12.0. The number of carbonyl (C=O) groups excluding carboxylic acids is 1. The highest BCUT2D eigenvalue weighted by atomic mass is 16.2. The average molecular weight is 246 g/mol. The van der Waals surface area contributed by atoms with Gasteiger partial charge < -0.3 is 10.6 Å². The van der Waals surface area contributed by atoms with E-state index in [2.05, 4.69) is 26.0 Å². The van der Waals surface area contributed by atoms with Gasteiger partial charge in [0.25, 0.3) is 0 Å². The Morgan fingerprint density at radius 1 is 1.33 bits per heavy atom. The van der Waals surface area contributed by atoms with Crippen molar-refractivity contribution in [2.75, 3.05) is 0 Å². The van der Waals surface area contributed by atoms with E-state index in [0.717, 1.165) is 6.42 Å². The lowest BCUT2D eigenvalue weighted by molar-refractivity contribution is -0.129. The molecular weight excluding hydrogens is 224 g/mol. The molecule has 98 valence electrons. The maximum absolute atomic E-state index is 12.0. The second-order valence-corrected chi connectivity index (χ2v) is 5.57. The normalized spacial score (nSPS) is 24.0. The van der Waals surface area contributed by atoms with E-state index in [4.69, 9.17) is 5.73 Å². The van der Waals surface area contributed by atoms with Crippen LogP contribution in [0.1, 0.15) is 32.3 Å². The summed E-state index contributed by atoms with van der Waals surface area (Å²) in [6, 6.07) is 10.3. The van der Waals surface area contributed by atoms with Crippen molar-refractivity contribution in [1.29, 1.82) is 0 Å². The highest BCUT2D eigenvalue weighted by molar-refractivity contribution is 5.80. The molecule has 3 nitrogen and oxygen atoms in total. The number of nitrogens with two attached hydrogens (primary N) is 1. The summed E-state index contributed by atoms with van der Waals surface area (Å²) in [6.07, 6.45) is 1.48. The minimum absolute atomic E-state index is 0.0105. The average Bonchev–Trinajstić information content (AvgIpc) is 2.57. The quantitative estimate of drug-likeness (QED) is 0.885. The van der Waals surface area contributed by atoms with Crippen LogP contribution >= 0.6 is 0 Å². The van der Waals surface area contributed by atoms with Crippen LogP contribution in [0.3, 0.4) is 0 Å². The first-order valence-corrected chi connectivity index (χ1v) is 6.67. The molecular formula is C15H22N2O. The first-order valence-electron chi connectivity index (χ1n) is 6.67. The number of amides is 1. The zero-order valence-corrected chi connectivity index (χ0v) is 11.2. The number of likely N-dealkylation sites (tertiary alicyclic amines) is 1. The predicted octanol–water partition coefficient (Wildman–Crippen LogP) is 2.16. The molecule has 1 saturated heterocycles. The second kappa shape index (κ2) is 5.53. The lowest BCUT2D eigenvalue weighted by Gasteiger charge is -2.28. The van der Waals surface area contributed by atoms with Gasteiger partial charge in [0.2, 0.25) is 5.91 Å². The van der Waals surface area contributed by atoms with Gasteiger partial charge in [-0.3, -0.25) is 4.79 Å². The van der Waals surface area contributed by atoms with Crippen molar-refractivity contribution in [2.45, 2.75) is 45.3 Å². The van der Waals surface area contributed by atoms with Gasteiger partial charge in [0.05, 0.1) is 0 Å². The maximum Gasteiger partial charge on any atom is 0.224 e. The molecule has 1 fully saturated rings. The van der Waals surface area contributed by atoms with E-state index in [-0.39, 0.29) is 18.0 Å². The molecule has 0 bridgehead atoms. The number of rotatable bonds is 4. The van der Waals surface area contributed by atoms with Gasteiger partial charge >= 0.3 is 0 Å². The Balaban J connectivity index is 2.11. The lowest BCUT2D eigenvalue weighted by atomic mass is 9.98. The van der Waals surface area contributed by atoms with Crippen molar-refractivity contribution in [3.8, 4) is 0 Å². The van der Waals surface area contributed by atoms with Crippen LogP contribution in [-0.2, 0) is 11.3 Å². The fraction of sp³-hybridized carbons (Fsp3) is 0.533. The molecule has 18 heavy (non-hydrogen) atoms. The molecule has 0 spiro atoms. The first kappa shape index (κ1) is 13.1. The summed E-state index contributed by atoms with van der Waals surface area (Å²) < 4.78 is 0. The number of benzene rings is 1. The van der Waals surface area contributed by atoms with Gasteiger partial charge in [-0.25, -0.2) is 0 Å². The molecule has 1 heterocycles. The van der Waals surface area contributed by atoms with Crippen LogP contribution < -0.4 is 5.73 Å². The van der Waals surface area contributed by atoms with Gasteiger partial charge in [-0.15, -0.1) is 0 Å². The Hall–Kier alpha value is -1.35. The molecule has 1 aliphatic heterocycles. The zero-order valence-electron chi connectivity index (χ0n) is 11.2. The third-order valence-corrected chi connectivity index (χ3v) is 3.53. The van der Waals surface area contributed by atoms with Crippen LogP contribution in [0.2, 0.25) is 0 Å². The SMILES string of the molecule is CC(C)C[C@H]1[C@@H](N)CC(=O)N1Cc1ccccc1. The van der Waals surface area contributed by atoms with E-state index in [1.807, 2.05) is 23.1 Å². The van der Waals surface area contributed by atoms with Crippen LogP contribution in [0.4, 0.5) is 0 Å². The van der Waals surface area contributed by atoms with Crippen molar-refractivity contribution in [2.24, 2.45) is 11.7 Å². The van der Waals surface area contributed by atoms with E-state index in [1.165, 1.54) is 5.56 Å². The van der Waals surface area contributed by atoms with Crippen LogP contribution in [0.15, 0.2) is 30.3 Å². The van der Waals surface area contributed by atoms with Crippen LogP contribution in [0.5, 0.6) is 0 Å². The summed E-state index contributed by atoms with van der Waals surface area (Å²) in [6.45, 7) is 5.04. The largest absolute Gasteiger partial charge is 0.334 e. The minimum atomic E-state index is -0.0105. The van der Waals surface area contributed by atoms with Crippen molar-refractivity contribution in [3.63, 3.8) is 0 Å². The Labute approximate surface area is 109 Å². The van der Waals surface area contributed by atoms with Crippen LogP contribution in [0, 0.1) is 5.92 Å². The highest BCUT2D eigenvalue weighted by Gasteiger charge is 2.37. The smallest absolute Gasteiger partial charge is 0.224 e. The number of hydrogen-bond acceptors (Lipinski definition) is 2. The van der Waals surface area contributed by atoms with E-state index in [0.29, 0.717) is 18.9 Å². The summed E-state index contributed by atoms with van der Waals surface area (Å²) in [5.74, 6) is 0.752. The van der Waals surface area contributed by atoms with E-state index in [9.17, 15) is 4.79 Å². The van der Waals surface area contributed by atoms with Crippen molar-refractivity contribution < 1.29 is 4.79 Å². The molecule has 0 aliphatic carbocycles. The Morgan fingerprint density at radius 2 is 2.00 bits per heavy atom. The van der Waals surface area contributed by atoms with Gasteiger partial charge in [0, 0.05) is 25.0 Å². The second-order valence-electron chi connectivity index (χ2n) is 5.57. The third kappa shape index (κ3) is 2.91. The van der Waals surface area contributed by atoms with Gasteiger partial charge in [-0.1, -0.05) is 44.2 Å². The molecule has 2 rings (SSSR count). The lowest BCUT2D eigenvalue weighted by Crippen LogP contribution is -2.40. The monoisotopic (exact) mass is 246 g/mol. The van der Waals surface area contributed by atoms with Gasteiger partial charge in [0.15, 0.2) is 0 Å². The Bertz CT molecular complexity index is 402. The summed E-state index contributed by atoms with van der Waals surface area (Å²) in [7, 11) is 0. The highest BCUT2D eigenvalue weighted by Crippen LogP contribution is 2.25. The fourth-order valence-corrected chi connectivity index (χ4v) is 2.64. The Kier molecular flexibility index (Phi) is 4.02. The molecule has 1 aromatic carbocycles. The molecule has 1 amide bonds. The summed E-state index contributed by atoms with van der Waals surface area (Å²) in [5, 5.41) is 0. The first-order chi connectivity index (χ1) is 8.58. The fourth-order valence-electron chi connectivity index (χ4n) is 2.64.